The van der Waals surface area contributed by atoms with E-state index >= 15 is 0 Å². The highest BCUT2D eigenvalue weighted by Gasteiger charge is 2.13. The fourth-order valence-electron chi connectivity index (χ4n) is 1.59. The van der Waals surface area contributed by atoms with Gasteiger partial charge in [-0.2, -0.15) is 0 Å². The molecule has 0 aliphatic rings. The molecule has 1 aromatic carbocycles. The van der Waals surface area contributed by atoms with Gasteiger partial charge in [-0.25, -0.2) is 14.4 Å². The maximum absolute atomic E-state index is 13.9. The van der Waals surface area contributed by atoms with E-state index in [0.29, 0.717) is 15.9 Å². The van der Waals surface area contributed by atoms with Gasteiger partial charge in [0, 0.05) is 6.54 Å². The van der Waals surface area contributed by atoms with Crippen molar-refractivity contribution in [2.24, 2.45) is 0 Å². The third kappa shape index (κ3) is 3.25. The van der Waals surface area contributed by atoms with Crippen molar-refractivity contribution < 1.29 is 9.13 Å². The molecule has 0 saturated carbocycles. The lowest BCUT2D eigenvalue weighted by molar-refractivity contribution is 0.422. The lowest BCUT2D eigenvalue weighted by Gasteiger charge is -2.11. The number of halogens is 2. The Kier molecular flexibility index (Phi) is 4.89. The first-order valence-corrected chi connectivity index (χ1v) is 7.10. The van der Waals surface area contributed by atoms with Gasteiger partial charge in [0.05, 0.1) is 0 Å². The average Bonchev–Trinajstić information content (AvgIpc) is 2.44. The molecule has 20 heavy (non-hydrogen) atoms. The second kappa shape index (κ2) is 6.65. The molecular weight excluding hydrogens is 325 g/mol. The quantitative estimate of drug-likeness (QED) is 0.882. The van der Waals surface area contributed by atoms with Crippen molar-refractivity contribution in [3.05, 3.63) is 40.4 Å². The zero-order valence-corrected chi connectivity index (χ0v) is 12.9. The molecule has 0 amide bonds. The summed E-state index contributed by atoms with van der Waals surface area (Å²) in [5, 5.41) is 3.14. The molecule has 0 aliphatic carbocycles. The van der Waals surface area contributed by atoms with Crippen LogP contribution in [0.25, 0.3) is 0 Å². The van der Waals surface area contributed by atoms with Crippen molar-refractivity contribution in [2.75, 3.05) is 11.9 Å². The van der Waals surface area contributed by atoms with Gasteiger partial charge in [-0.15, -0.1) is 0 Å². The summed E-state index contributed by atoms with van der Waals surface area (Å²) in [5.74, 6) is 0.667. The van der Waals surface area contributed by atoms with Crippen LogP contribution in [0.5, 0.6) is 11.6 Å². The molecule has 4 nitrogen and oxygen atoms in total. The SMILES string of the molecule is CCCNc1ncnc(Oc2cccc(C)c2F)c1Br. The Balaban J connectivity index is 2.27. The van der Waals surface area contributed by atoms with Gasteiger partial charge in [-0.3, -0.25) is 0 Å². The molecule has 2 rings (SSSR count). The Hall–Kier alpha value is -1.69. The molecule has 0 saturated heterocycles. The monoisotopic (exact) mass is 339 g/mol. The Morgan fingerprint density at radius 3 is 2.90 bits per heavy atom. The molecule has 0 radical (unpaired) electrons. The number of rotatable bonds is 5. The van der Waals surface area contributed by atoms with E-state index in [1.54, 1.807) is 25.1 Å². The van der Waals surface area contributed by atoms with Gasteiger partial charge in [0.2, 0.25) is 5.88 Å². The van der Waals surface area contributed by atoms with Crippen LogP contribution in [0, 0.1) is 12.7 Å². The fourth-order valence-corrected chi connectivity index (χ4v) is 2.02. The normalized spacial score (nSPS) is 10.4. The number of nitrogens with one attached hydrogen (secondary N) is 1. The van der Waals surface area contributed by atoms with Crippen LogP contribution in [0.1, 0.15) is 18.9 Å². The van der Waals surface area contributed by atoms with E-state index in [9.17, 15) is 4.39 Å². The minimum atomic E-state index is -0.388. The van der Waals surface area contributed by atoms with Gasteiger partial charge in [0.15, 0.2) is 11.6 Å². The second-order valence-electron chi connectivity index (χ2n) is 4.26. The molecule has 0 spiro atoms. The number of aromatic nitrogens is 2. The summed E-state index contributed by atoms with van der Waals surface area (Å²) < 4.78 is 20.0. The van der Waals surface area contributed by atoms with Crippen LogP contribution < -0.4 is 10.1 Å². The fraction of sp³-hybridized carbons (Fsp3) is 0.286. The first-order valence-electron chi connectivity index (χ1n) is 6.30. The topological polar surface area (TPSA) is 47.0 Å². The zero-order valence-electron chi connectivity index (χ0n) is 11.3. The molecule has 106 valence electrons. The smallest absolute Gasteiger partial charge is 0.239 e. The lowest BCUT2D eigenvalue weighted by Crippen LogP contribution is -2.04. The summed E-state index contributed by atoms with van der Waals surface area (Å²) in [5.41, 5.74) is 0.525. The summed E-state index contributed by atoms with van der Waals surface area (Å²) >= 11 is 3.38. The van der Waals surface area contributed by atoms with Crippen molar-refractivity contribution in [1.29, 1.82) is 0 Å². The van der Waals surface area contributed by atoms with Crippen molar-refractivity contribution in [1.82, 2.24) is 9.97 Å². The molecule has 0 unspecified atom stereocenters. The number of nitrogens with zero attached hydrogens (tertiary/aromatic N) is 2. The standard InChI is InChI=1S/C14H15BrFN3O/c1-3-7-17-13-11(15)14(19-8-18-13)20-10-6-4-5-9(2)12(10)16/h4-6,8H,3,7H2,1-2H3,(H,17,18,19). The third-order valence-electron chi connectivity index (χ3n) is 2.66. The van der Waals surface area contributed by atoms with E-state index in [2.05, 4.69) is 38.1 Å². The first kappa shape index (κ1) is 14.7. The molecule has 1 N–H and O–H groups in total. The van der Waals surface area contributed by atoms with Crippen LogP contribution in [0.2, 0.25) is 0 Å². The lowest BCUT2D eigenvalue weighted by atomic mass is 10.2. The van der Waals surface area contributed by atoms with Crippen LogP contribution in [-0.2, 0) is 0 Å². The van der Waals surface area contributed by atoms with Crippen molar-refractivity contribution in [2.45, 2.75) is 20.3 Å². The summed E-state index contributed by atoms with van der Waals surface area (Å²) in [4.78, 5) is 8.14. The van der Waals surface area contributed by atoms with E-state index in [-0.39, 0.29) is 17.4 Å². The number of aryl methyl sites for hydroxylation is 1. The van der Waals surface area contributed by atoms with E-state index in [1.165, 1.54) is 6.33 Å². The Morgan fingerprint density at radius 1 is 1.35 bits per heavy atom. The van der Waals surface area contributed by atoms with Crippen molar-refractivity contribution in [3.8, 4) is 11.6 Å². The van der Waals surface area contributed by atoms with Gasteiger partial charge >= 0.3 is 0 Å². The largest absolute Gasteiger partial charge is 0.435 e. The molecular formula is C14H15BrFN3O. The molecule has 0 fully saturated rings. The van der Waals surface area contributed by atoms with Gasteiger partial charge in [-0.05, 0) is 40.9 Å². The minimum absolute atomic E-state index is 0.144. The van der Waals surface area contributed by atoms with Crippen LogP contribution in [0.15, 0.2) is 29.0 Å². The molecule has 0 aliphatic heterocycles. The number of anilines is 1. The highest BCUT2D eigenvalue weighted by molar-refractivity contribution is 9.10. The maximum atomic E-state index is 13.9. The molecule has 1 heterocycles. The number of hydrogen-bond donors (Lipinski definition) is 1. The number of benzene rings is 1. The zero-order chi connectivity index (χ0) is 14.5. The van der Waals surface area contributed by atoms with Crippen LogP contribution in [0.4, 0.5) is 10.2 Å². The summed E-state index contributed by atoms with van der Waals surface area (Å²) in [7, 11) is 0. The molecule has 0 atom stereocenters. The predicted molar refractivity (Wildman–Crippen MR) is 79.7 cm³/mol. The van der Waals surface area contributed by atoms with E-state index in [0.717, 1.165) is 13.0 Å². The number of ether oxygens (including phenoxy) is 1. The first-order chi connectivity index (χ1) is 9.63. The number of hydrogen-bond acceptors (Lipinski definition) is 4. The Morgan fingerprint density at radius 2 is 2.15 bits per heavy atom. The maximum Gasteiger partial charge on any atom is 0.239 e. The molecule has 0 bridgehead atoms. The van der Waals surface area contributed by atoms with Crippen molar-refractivity contribution in [3.63, 3.8) is 0 Å². The highest BCUT2D eigenvalue weighted by atomic mass is 79.9. The summed E-state index contributed by atoms with van der Waals surface area (Å²) in [6.07, 6.45) is 2.35. The van der Waals surface area contributed by atoms with Gasteiger partial charge in [0.1, 0.15) is 16.6 Å². The average molecular weight is 340 g/mol. The summed E-state index contributed by atoms with van der Waals surface area (Å²) in [6, 6.07) is 4.99. The van der Waals surface area contributed by atoms with Crippen LogP contribution in [0.3, 0.4) is 0 Å². The van der Waals surface area contributed by atoms with Gasteiger partial charge < -0.3 is 10.1 Å². The van der Waals surface area contributed by atoms with Crippen molar-refractivity contribution >= 4 is 21.7 Å². The van der Waals surface area contributed by atoms with Crippen LogP contribution in [-0.4, -0.2) is 16.5 Å². The van der Waals surface area contributed by atoms with E-state index in [1.807, 2.05) is 0 Å². The third-order valence-corrected chi connectivity index (χ3v) is 3.38. The van der Waals surface area contributed by atoms with E-state index in [4.69, 9.17) is 4.74 Å². The van der Waals surface area contributed by atoms with Crippen LogP contribution >= 0.6 is 15.9 Å². The Bertz CT molecular complexity index is 607. The second-order valence-corrected chi connectivity index (χ2v) is 5.05. The minimum Gasteiger partial charge on any atom is -0.435 e. The molecule has 1 aromatic heterocycles. The van der Waals surface area contributed by atoms with Gasteiger partial charge in [-0.1, -0.05) is 19.1 Å². The van der Waals surface area contributed by atoms with E-state index < -0.39 is 0 Å². The Labute approximate surface area is 125 Å². The highest BCUT2D eigenvalue weighted by Crippen LogP contribution is 2.33. The predicted octanol–water partition coefficient (Wildman–Crippen LogP) is 4.30. The molecule has 2 aromatic rings. The summed E-state index contributed by atoms with van der Waals surface area (Å²) in [6.45, 7) is 4.53. The van der Waals surface area contributed by atoms with Gasteiger partial charge in [0.25, 0.3) is 0 Å². The molecule has 6 heteroatoms.